The highest BCUT2D eigenvalue weighted by molar-refractivity contribution is 5.70. The van der Waals surface area contributed by atoms with Crippen molar-refractivity contribution < 1.29 is 15.0 Å². The number of aliphatic carboxylic acids is 1. The maximum Gasteiger partial charge on any atom is 0.306 e. The van der Waals surface area contributed by atoms with E-state index in [1.807, 2.05) is 0 Å². The molecule has 0 aromatic carbocycles. The van der Waals surface area contributed by atoms with E-state index >= 15 is 0 Å². The number of aliphatic hydroxyl groups excluding tert-OH is 1. The van der Waals surface area contributed by atoms with Gasteiger partial charge in [0.2, 0.25) is 0 Å². The van der Waals surface area contributed by atoms with E-state index in [0.29, 0.717) is 17.3 Å². The summed E-state index contributed by atoms with van der Waals surface area (Å²) in [5.41, 5.74) is 0.409. The number of hydrogen-bond acceptors (Lipinski definition) is 2. The highest BCUT2D eigenvalue weighted by atomic mass is 16.4. The van der Waals surface area contributed by atoms with Crippen molar-refractivity contribution in [3.05, 3.63) is 12.2 Å². The second-order valence-electron chi connectivity index (χ2n) is 10.1. The number of carboxylic acids is 1. The summed E-state index contributed by atoms with van der Waals surface area (Å²) in [5, 5.41) is 20.4. The van der Waals surface area contributed by atoms with Crippen molar-refractivity contribution in [1.82, 2.24) is 0 Å². The first-order chi connectivity index (χ1) is 11.8. The summed E-state index contributed by atoms with van der Waals surface area (Å²) in [7, 11) is 0. The van der Waals surface area contributed by atoms with Crippen molar-refractivity contribution in [2.75, 3.05) is 0 Å². The van der Waals surface area contributed by atoms with Crippen LogP contribution < -0.4 is 0 Å². The molecule has 0 radical (unpaired) electrons. The molecule has 0 spiro atoms. The van der Waals surface area contributed by atoms with Crippen LogP contribution in [0.3, 0.4) is 0 Å². The molecule has 0 aliphatic heterocycles. The molecule has 3 nitrogen and oxygen atoms in total. The van der Waals surface area contributed by atoms with Crippen molar-refractivity contribution in [2.24, 2.45) is 46.3 Å². The summed E-state index contributed by atoms with van der Waals surface area (Å²) in [6.07, 6.45) is 12.5. The second-order valence-corrected chi connectivity index (χ2v) is 10.1. The minimum absolute atomic E-state index is 0.00784. The van der Waals surface area contributed by atoms with Gasteiger partial charge in [0.15, 0.2) is 0 Å². The Morgan fingerprint density at radius 1 is 1.12 bits per heavy atom. The zero-order valence-corrected chi connectivity index (χ0v) is 15.9. The van der Waals surface area contributed by atoms with Crippen LogP contribution >= 0.6 is 0 Å². The van der Waals surface area contributed by atoms with Crippen molar-refractivity contribution in [3.63, 3.8) is 0 Å². The molecule has 0 saturated heterocycles. The van der Waals surface area contributed by atoms with Crippen LogP contribution in [0.5, 0.6) is 0 Å². The van der Waals surface area contributed by atoms with Gasteiger partial charge in [-0.25, -0.2) is 0 Å². The van der Waals surface area contributed by atoms with Gasteiger partial charge in [-0.15, -0.1) is 0 Å². The van der Waals surface area contributed by atoms with Crippen LogP contribution in [0.4, 0.5) is 0 Å². The van der Waals surface area contributed by atoms with E-state index in [9.17, 15) is 15.0 Å². The smallest absolute Gasteiger partial charge is 0.306 e. The standard InChI is InChI=1S/C22H34O3/c1-13(20(24)25)19-18(23)12-17-15-8-7-14-6-4-5-10-21(14,2)16(15)9-11-22(17,19)3/h4-5,13-19,23H,6-12H2,1-3H3,(H,24,25)/t13-,14+,15+,16-,17-,18-,19-,21-,22-/m0/s1. The molecule has 25 heavy (non-hydrogen) atoms. The molecule has 140 valence electrons. The first kappa shape index (κ1) is 17.6. The first-order valence-corrected chi connectivity index (χ1v) is 10.3. The van der Waals surface area contributed by atoms with Gasteiger partial charge in [-0.2, -0.15) is 0 Å². The average Bonchev–Trinajstić information content (AvgIpc) is 2.83. The normalized spacial score (nSPS) is 52.8. The fraction of sp³-hybridized carbons (Fsp3) is 0.864. The third-order valence-corrected chi connectivity index (χ3v) is 9.25. The van der Waals surface area contributed by atoms with E-state index < -0.39 is 18.0 Å². The van der Waals surface area contributed by atoms with Gasteiger partial charge in [0, 0.05) is 5.92 Å². The number of carboxylic acid groups (broad SMARTS) is 1. The molecule has 3 fully saturated rings. The Morgan fingerprint density at radius 2 is 1.88 bits per heavy atom. The summed E-state index contributed by atoms with van der Waals surface area (Å²) < 4.78 is 0. The number of carbonyl (C=O) groups is 1. The van der Waals surface area contributed by atoms with Crippen LogP contribution in [0.25, 0.3) is 0 Å². The van der Waals surface area contributed by atoms with E-state index in [4.69, 9.17) is 0 Å². The Hall–Kier alpha value is -0.830. The Labute approximate surface area is 151 Å². The molecule has 0 bridgehead atoms. The van der Waals surface area contributed by atoms with Gasteiger partial charge < -0.3 is 10.2 Å². The Kier molecular flexibility index (Phi) is 4.10. The lowest BCUT2D eigenvalue weighted by Gasteiger charge is -2.60. The molecule has 9 atom stereocenters. The number of fused-ring (bicyclic) bond motifs is 5. The third-order valence-electron chi connectivity index (χ3n) is 9.25. The molecular weight excluding hydrogens is 312 g/mol. The van der Waals surface area contributed by atoms with Crippen LogP contribution in [-0.2, 0) is 4.79 Å². The first-order valence-electron chi connectivity index (χ1n) is 10.3. The number of aliphatic hydroxyl groups is 1. The molecule has 0 aromatic rings. The summed E-state index contributed by atoms with van der Waals surface area (Å²) in [6.45, 7) is 6.62. The van der Waals surface area contributed by atoms with Crippen molar-refractivity contribution in [3.8, 4) is 0 Å². The Balaban J connectivity index is 1.65. The van der Waals surface area contributed by atoms with Crippen LogP contribution in [-0.4, -0.2) is 22.3 Å². The van der Waals surface area contributed by atoms with Gasteiger partial charge in [0.1, 0.15) is 0 Å². The minimum atomic E-state index is -0.749. The van der Waals surface area contributed by atoms with E-state index in [0.717, 1.165) is 24.7 Å². The zero-order valence-electron chi connectivity index (χ0n) is 15.9. The SMILES string of the molecule is C[C@H](C(=O)O)[C@H]1[C@@H](O)C[C@H]2[C@@H]3CC[C@H]4CC=CC[C@]4(C)[C@H]3CC[C@]12C. The van der Waals surface area contributed by atoms with Crippen molar-refractivity contribution >= 4 is 5.97 Å². The molecule has 0 aromatic heterocycles. The van der Waals surface area contributed by atoms with Gasteiger partial charge >= 0.3 is 5.97 Å². The quantitative estimate of drug-likeness (QED) is 0.724. The topological polar surface area (TPSA) is 57.5 Å². The number of allylic oxidation sites excluding steroid dienone is 2. The molecule has 0 amide bonds. The van der Waals surface area contributed by atoms with Crippen LogP contribution in [0, 0.1) is 46.3 Å². The van der Waals surface area contributed by atoms with Crippen molar-refractivity contribution in [1.29, 1.82) is 0 Å². The fourth-order valence-corrected chi connectivity index (χ4v) is 7.95. The zero-order chi connectivity index (χ0) is 18.0. The molecule has 0 heterocycles. The second kappa shape index (κ2) is 5.84. The summed E-state index contributed by atoms with van der Waals surface area (Å²) in [6, 6.07) is 0. The Morgan fingerprint density at radius 3 is 2.60 bits per heavy atom. The predicted octanol–water partition coefficient (Wildman–Crippen LogP) is 4.50. The third kappa shape index (κ3) is 2.37. The van der Waals surface area contributed by atoms with E-state index in [1.165, 1.54) is 32.1 Å². The number of hydrogen-bond donors (Lipinski definition) is 2. The maximum atomic E-state index is 11.7. The Bertz CT molecular complexity index is 584. The van der Waals surface area contributed by atoms with Gasteiger partial charge in [-0.3, -0.25) is 4.79 Å². The molecule has 0 unspecified atom stereocenters. The van der Waals surface area contributed by atoms with E-state index in [1.54, 1.807) is 6.92 Å². The predicted molar refractivity (Wildman–Crippen MR) is 97.9 cm³/mol. The van der Waals surface area contributed by atoms with Gasteiger partial charge in [0.05, 0.1) is 12.0 Å². The highest BCUT2D eigenvalue weighted by Gasteiger charge is 2.62. The monoisotopic (exact) mass is 346 g/mol. The van der Waals surface area contributed by atoms with E-state index in [2.05, 4.69) is 26.0 Å². The molecule has 3 heteroatoms. The van der Waals surface area contributed by atoms with Crippen LogP contribution in [0.1, 0.15) is 65.7 Å². The molecular formula is C22H34O3. The molecule has 4 aliphatic rings. The summed E-state index contributed by atoms with van der Waals surface area (Å²) >= 11 is 0. The van der Waals surface area contributed by atoms with Crippen LogP contribution in [0.2, 0.25) is 0 Å². The number of rotatable bonds is 2. The highest BCUT2D eigenvalue weighted by Crippen LogP contribution is 2.67. The average molecular weight is 347 g/mol. The molecule has 2 N–H and O–H groups in total. The van der Waals surface area contributed by atoms with Crippen LogP contribution in [0.15, 0.2) is 12.2 Å². The lowest BCUT2D eigenvalue weighted by molar-refractivity contribution is -0.149. The summed E-state index contributed by atoms with van der Waals surface area (Å²) in [4.78, 5) is 11.7. The summed E-state index contributed by atoms with van der Waals surface area (Å²) in [5.74, 6) is 1.45. The van der Waals surface area contributed by atoms with Gasteiger partial charge in [-0.1, -0.05) is 32.9 Å². The van der Waals surface area contributed by atoms with Gasteiger partial charge in [0.25, 0.3) is 0 Å². The van der Waals surface area contributed by atoms with Crippen molar-refractivity contribution in [2.45, 2.75) is 71.8 Å². The largest absolute Gasteiger partial charge is 0.481 e. The molecule has 3 saturated carbocycles. The lowest BCUT2D eigenvalue weighted by Crippen LogP contribution is -2.53. The van der Waals surface area contributed by atoms with Gasteiger partial charge in [-0.05, 0) is 79.4 Å². The van der Waals surface area contributed by atoms with E-state index in [-0.39, 0.29) is 11.3 Å². The maximum absolute atomic E-state index is 11.7. The molecule has 4 aliphatic carbocycles. The fourth-order valence-electron chi connectivity index (χ4n) is 7.95. The minimum Gasteiger partial charge on any atom is -0.481 e. The molecule has 4 rings (SSSR count). The lowest BCUT2D eigenvalue weighted by atomic mass is 9.45.